The summed E-state index contributed by atoms with van der Waals surface area (Å²) in [5.41, 5.74) is 10.5. The number of para-hydroxylation sites is 1. The Kier molecular flexibility index (Phi) is 7.97. The van der Waals surface area contributed by atoms with Crippen LogP contribution in [0.15, 0.2) is 194 Å². The summed E-state index contributed by atoms with van der Waals surface area (Å²) in [6.07, 6.45) is 0. The highest BCUT2D eigenvalue weighted by atomic mass is 32.1. The van der Waals surface area contributed by atoms with Gasteiger partial charge in [0, 0.05) is 64.1 Å². The maximum Gasteiger partial charge on any atom is 0.164 e. The van der Waals surface area contributed by atoms with Crippen LogP contribution in [-0.2, 0) is 0 Å². The van der Waals surface area contributed by atoms with Crippen LogP contribution in [0.25, 0.3) is 110 Å². The monoisotopic (exact) mass is 744 g/mol. The molecule has 0 bridgehead atoms. The maximum absolute atomic E-state index is 5.30. The lowest BCUT2D eigenvalue weighted by molar-refractivity contribution is 1.07. The molecular weight excluding hydrogens is 713 g/mol. The fraction of sp³-hybridized carbons (Fsp3) is 0. The van der Waals surface area contributed by atoms with Gasteiger partial charge < -0.3 is 0 Å². The molecule has 0 aliphatic carbocycles. The number of rotatable bonds is 6. The lowest BCUT2D eigenvalue weighted by Gasteiger charge is -2.15. The van der Waals surface area contributed by atoms with Crippen LogP contribution in [0.1, 0.15) is 0 Å². The van der Waals surface area contributed by atoms with E-state index in [1.807, 2.05) is 47.7 Å². The molecule has 0 atom stereocenters. The van der Waals surface area contributed by atoms with E-state index in [9.17, 15) is 0 Å². The average molecular weight is 745 g/mol. The zero-order valence-corrected chi connectivity index (χ0v) is 31.5. The van der Waals surface area contributed by atoms with Crippen molar-refractivity contribution in [3.8, 4) is 67.7 Å². The summed E-state index contributed by atoms with van der Waals surface area (Å²) in [6, 6.07) is 67.9. The highest BCUT2D eigenvalue weighted by molar-refractivity contribution is 7.26. The van der Waals surface area contributed by atoms with E-state index in [2.05, 4.69) is 158 Å². The van der Waals surface area contributed by atoms with Gasteiger partial charge in [0.1, 0.15) is 0 Å². The van der Waals surface area contributed by atoms with Crippen molar-refractivity contribution in [2.24, 2.45) is 0 Å². The van der Waals surface area contributed by atoms with Crippen molar-refractivity contribution < 1.29 is 0 Å². The largest absolute Gasteiger partial charge is 0.247 e. The Balaban J connectivity index is 1.08. The van der Waals surface area contributed by atoms with Crippen molar-refractivity contribution in [2.75, 3.05) is 0 Å². The van der Waals surface area contributed by atoms with Gasteiger partial charge in [0.25, 0.3) is 0 Å². The van der Waals surface area contributed by atoms with Gasteiger partial charge in [0.15, 0.2) is 17.5 Å². The molecule has 3 aromatic heterocycles. The van der Waals surface area contributed by atoms with Gasteiger partial charge in [-0.15, -0.1) is 11.3 Å². The van der Waals surface area contributed by atoms with Gasteiger partial charge in [-0.1, -0.05) is 176 Å². The van der Waals surface area contributed by atoms with E-state index in [-0.39, 0.29) is 0 Å². The third kappa shape index (κ3) is 5.84. The SMILES string of the molecule is c1ccc(-c2ccc(-c3nc(-c4ccccc4)nc(-c4ccc(-c5cc6c(-c7ccccc7)nc7ccccc7c6c6c5sc5ccccc56)cc4)n3)cc2)cc1. The van der Waals surface area contributed by atoms with Crippen LogP contribution < -0.4 is 0 Å². The van der Waals surface area contributed by atoms with E-state index in [4.69, 9.17) is 19.9 Å². The molecule has 0 saturated heterocycles. The molecule has 5 heteroatoms. The Morgan fingerprint density at radius 3 is 1.40 bits per heavy atom. The molecule has 0 amide bonds. The average Bonchev–Trinajstić information content (AvgIpc) is 3.69. The molecule has 0 radical (unpaired) electrons. The summed E-state index contributed by atoms with van der Waals surface area (Å²) in [6.45, 7) is 0. The van der Waals surface area contributed by atoms with Gasteiger partial charge in [0.2, 0.25) is 0 Å². The quantitative estimate of drug-likeness (QED) is 0.159. The van der Waals surface area contributed by atoms with E-state index >= 15 is 0 Å². The van der Waals surface area contributed by atoms with E-state index in [0.717, 1.165) is 55.4 Å². The predicted molar refractivity (Wildman–Crippen MR) is 238 cm³/mol. The molecule has 0 N–H and O–H groups in total. The molecule has 8 aromatic carbocycles. The molecule has 11 rings (SSSR count). The minimum atomic E-state index is 0.630. The first-order chi connectivity index (χ1) is 28.2. The van der Waals surface area contributed by atoms with Crippen LogP contribution >= 0.6 is 11.3 Å². The molecule has 4 nitrogen and oxygen atoms in total. The number of benzene rings is 8. The molecule has 3 heterocycles. The Morgan fingerprint density at radius 1 is 0.316 bits per heavy atom. The highest BCUT2D eigenvalue weighted by Crippen LogP contribution is 2.48. The van der Waals surface area contributed by atoms with Crippen LogP contribution in [-0.4, -0.2) is 19.9 Å². The number of hydrogen-bond acceptors (Lipinski definition) is 5. The molecule has 11 aromatic rings. The number of aromatic nitrogens is 4. The first kappa shape index (κ1) is 33.0. The lowest BCUT2D eigenvalue weighted by Crippen LogP contribution is -2.00. The Morgan fingerprint density at radius 2 is 0.772 bits per heavy atom. The van der Waals surface area contributed by atoms with Gasteiger partial charge in [-0.25, -0.2) is 19.9 Å². The van der Waals surface area contributed by atoms with Gasteiger partial charge >= 0.3 is 0 Å². The first-order valence-electron chi connectivity index (χ1n) is 19.1. The molecule has 0 spiro atoms. The Bertz CT molecular complexity index is 3250. The van der Waals surface area contributed by atoms with Crippen molar-refractivity contribution in [3.05, 3.63) is 194 Å². The summed E-state index contributed by atoms with van der Waals surface area (Å²) in [5.74, 6) is 1.91. The summed E-state index contributed by atoms with van der Waals surface area (Å²) < 4.78 is 2.53. The summed E-state index contributed by atoms with van der Waals surface area (Å²) in [7, 11) is 0. The standard InChI is InChI=1S/C52H32N4S/c1-4-14-33(15-5-1)34-24-28-38(29-25-34)51-54-50(37-18-8-3-9-19-37)55-52(56-51)39-30-26-35(27-31-39)42-32-43-46(47-41-21-11-13-23-45(41)57-49(42)47)40-20-10-12-22-44(40)53-48(43)36-16-6-2-7-17-36/h1-32H. The summed E-state index contributed by atoms with van der Waals surface area (Å²) in [4.78, 5) is 20.4. The second kappa shape index (κ2) is 13.7. The number of nitrogens with zero attached hydrogens (tertiary/aromatic N) is 4. The van der Waals surface area contributed by atoms with E-state index in [0.29, 0.717) is 17.5 Å². The second-order valence-electron chi connectivity index (χ2n) is 14.2. The van der Waals surface area contributed by atoms with Gasteiger partial charge in [0.05, 0.1) is 11.2 Å². The zero-order chi connectivity index (χ0) is 37.7. The summed E-state index contributed by atoms with van der Waals surface area (Å²) >= 11 is 1.85. The molecule has 57 heavy (non-hydrogen) atoms. The fourth-order valence-corrected chi connectivity index (χ4v) is 9.20. The summed E-state index contributed by atoms with van der Waals surface area (Å²) in [5, 5.41) is 6.09. The fourth-order valence-electron chi connectivity index (χ4n) is 7.95. The second-order valence-corrected chi connectivity index (χ2v) is 15.2. The number of fused-ring (bicyclic) bond motifs is 7. The third-order valence-corrected chi connectivity index (χ3v) is 11.9. The topological polar surface area (TPSA) is 51.6 Å². The van der Waals surface area contributed by atoms with Crippen LogP contribution in [0, 0.1) is 0 Å². The van der Waals surface area contributed by atoms with Gasteiger partial charge in [-0.2, -0.15) is 0 Å². The van der Waals surface area contributed by atoms with E-state index in [1.54, 1.807) is 0 Å². The first-order valence-corrected chi connectivity index (χ1v) is 19.9. The molecule has 0 aliphatic heterocycles. The molecule has 0 unspecified atom stereocenters. The molecule has 0 aliphatic rings. The highest BCUT2D eigenvalue weighted by Gasteiger charge is 2.20. The van der Waals surface area contributed by atoms with E-state index < -0.39 is 0 Å². The van der Waals surface area contributed by atoms with Crippen molar-refractivity contribution in [2.45, 2.75) is 0 Å². The Labute approximate surface area is 333 Å². The van der Waals surface area contributed by atoms with Crippen molar-refractivity contribution in [3.63, 3.8) is 0 Å². The predicted octanol–water partition coefficient (Wildman–Crippen LogP) is 13.9. The van der Waals surface area contributed by atoms with Crippen LogP contribution in [0.4, 0.5) is 0 Å². The van der Waals surface area contributed by atoms with E-state index in [1.165, 1.54) is 36.7 Å². The lowest BCUT2D eigenvalue weighted by atomic mass is 9.92. The number of thiophene rings is 1. The third-order valence-electron chi connectivity index (χ3n) is 10.7. The van der Waals surface area contributed by atoms with Crippen molar-refractivity contribution in [1.82, 2.24) is 19.9 Å². The minimum absolute atomic E-state index is 0.630. The van der Waals surface area contributed by atoms with Crippen LogP contribution in [0.3, 0.4) is 0 Å². The normalized spacial score (nSPS) is 11.5. The van der Waals surface area contributed by atoms with Crippen molar-refractivity contribution in [1.29, 1.82) is 0 Å². The molecular formula is C52H32N4S. The van der Waals surface area contributed by atoms with Crippen LogP contribution in [0.5, 0.6) is 0 Å². The smallest absolute Gasteiger partial charge is 0.164 e. The van der Waals surface area contributed by atoms with Crippen molar-refractivity contribution >= 4 is 53.2 Å². The number of hydrogen-bond donors (Lipinski definition) is 0. The Hall–Kier alpha value is -7.34. The van der Waals surface area contributed by atoms with Crippen LogP contribution in [0.2, 0.25) is 0 Å². The number of pyridine rings is 1. The van der Waals surface area contributed by atoms with Gasteiger partial charge in [-0.05, 0) is 34.9 Å². The molecule has 0 saturated carbocycles. The maximum atomic E-state index is 5.30. The molecule has 266 valence electrons. The molecule has 0 fully saturated rings. The van der Waals surface area contributed by atoms with Gasteiger partial charge in [-0.3, -0.25) is 0 Å². The zero-order valence-electron chi connectivity index (χ0n) is 30.7. The minimum Gasteiger partial charge on any atom is -0.247 e.